The number of aryl methyl sites for hydroxylation is 1. The van der Waals surface area contributed by atoms with E-state index in [4.69, 9.17) is 5.73 Å². The number of hydrogen-bond acceptors (Lipinski definition) is 2. The predicted molar refractivity (Wildman–Crippen MR) is 69.0 cm³/mol. The summed E-state index contributed by atoms with van der Waals surface area (Å²) in [5.74, 6) is 0. The molecule has 0 amide bonds. The molecule has 0 saturated heterocycles. The van der Waals surface area contributed by atoms with Crippen molar-refractivity contribution in [3.63, 3.8) is 0 Å². The van der Waals surface area contributed by atoms with Crippen LogP contribution in [0.1, 0.15) is 24.6 Å². The summed E-state index contributed by atoms with van der Waals surface area (Å²) in [7, 11) is 0. The SMILES string of the molecule is CCCc1[nH]n(Cc2ccccc2)c(=O)c1N. The number of aromatic nitrogens is 2. The molecular formula is C13H17N3O. The smallest absolute Gasteiger partial charge is 0.290 e. The molecule has 0 atom stereocenters. The lowest BCUT2D eigenvalue weighted by Gasteiger charge is -2.01. The number of rotatable bonds is 4. The molecule has 0 saturated carbocycles. The lowest BCUT2D eigenvalue weighted by molar-refractivity contribution is 0.648. The highest BCUT2D eigenvalue weighted by atomic mass is 16.1. The average Bonchev–Trinajstić information content (AvgIpc) is 2.60. The molecule has 0 aliphatic rings. The van der Waals surface area contributed by atoms with Gasteiger partial charge >= 0.3 is 0 Å². The Kier molecular flexibility index (Phi) is 3.32. The van der Waals surface area contributed by atoms with Gasteiger partial charge in [-0.05, 0) is 12.0 Å². The van der Waals surface area contributed by atoms with E-state index in [0.29, 0.717) is 12.2 Å². The van der Waals surface area contributed by atoms with Crippen molar-refractivity contribution in [2.45, 2.75) is 26.3 Å². The van der Waals surface area contributed by atoms with Gasteiger partial charge in [0.1, 0.15) is 5.69 Å². The standard InChI is InChI=1S/C13H17N3O/c1-2-6-11-12(14)13(17)16(15-11)9-10-7-4-3-5-8-10/h3-5,7-8,15H,2,6,9,14H2,1H3. The average molecular weight is 231 g/mol. The number of H-pyrrole nitrogens is 1. The van der Waals surface area contributed by atoms with Crippen LogP contribution in [0.2, 0.25) is 0 Å². The minimum atomic E-state index is -0.127. The van der Waals surface area contributed by atoms with Crippen molar-refractivity contribution in [3.05, 3.63) is 51.9 Å². The Balaban J connectivity index is 2.28. The van der Waals surface area contributed by atoms with Crippen molar-refractivity contribution in [2.75, 3.05) is 5.73 Å². The van der Waals surface area contributed by atoms with Crippen LogP contribution < -0.4 is 11.3 Å². The van der Waals surface area contributed by atoms with E-state index in [1.54, 1.807) is 4.68 Å². The number of aromatic amines is 1. The van der Waals surface area contributed by atoms with Gasteiger partial charge in [0.25, 0.3) is 5.56 Å². The summed E-state index contributed by atoms with van der Waals surface area (Å²) in [4.78, 5) is 11.9. The van der Waals surface area contributed by atoms with Crippen molar-refractivity contribution in [1.82, 2.24) is 9.78 Å². The summed E-state index contributed by atoms with van der Waals surface area (Å²) < 4.78 is 1.57. The molecule has 0 unspecified atom stereocenters. The quantitative estimate of drug-likeness (QED) is 0.842. The Morgan fingerprint density at radius 3 is 2.65 bits per heavy atom. The molecule has 0 fully saturated rings. The van der Waals surface area contributed by atoms with Gasteiger partial charge in [-0.3, -0.25) is 9.89 Å². The zero-order chi connectivity index (χ0) is 12.3. The monoisotopic (exact) mass is 231 g/mol. The van der Waals surface area contributed by atoms with E-state index in [0.717, 1.165) is 24.1 Å². The van der Waals surface area contributed by atoms with Crippen LogP contribution in [0.4, 0.5) is 5.69 Å². The highest BCUT2D eigenvalue weighted by molar-refractivity contribution is 5.40. The molecule has 4 heteroatoms. The first kappa shape index (κ1) is 11.5. The summed E-state index contributed by atoms with van der Waals surface area (Å²) in [6.07, 6.45) is 1.78. The van der Waals surface area contributed by atoms with Crippen LogP contribution in [0.25, 0.3) is 0 Å². The summed E-state index contributed by atoms with van der Waals surface area (Å²) in [6, 6.07) is 9.85. The molecule has 0 aliphatic carbocycles. The second kappa shape index (κ2) is 4.91. The Bertz CT molecular complexity index is 540. The van der Waals surface area contributed by atoms with Crippen LogP contribution in [0.3, 0.4) is 0 Å². The third kappa shape index (κ3) is 2.41. The number of nitrogens with one attached hydrogen (secondary N) is 1. The van der Waals surface area contributed by atoms with E-state index in [9.17, 15) is 4.79 Å². The maximum atomic E-state index is 11.9. The van der Waals surface area contributed by atoms with Crippen molar-refractivity contribution in [2.24, 2.45) is 0 Å². The summed E-state index contributed by atoms with van der Waals surface area (Å²) in [5, 5.41) is 3.08. The van der Waals surface area contributed by atoms with Crippen LogP contribution in [-0.4, -0.2) is 9.78 Å². The van der Waals surface area contributed by atoms with Crippen LogP contribution in [0.15, 0.2) is 35.1 Å². The first-order valence-corrected chi connectivity index (χ1v) is 5.83. The zero-order valence-corrected chi connectivity index (χ0v) is 9.94. The van der Waals surface area contributed by atoms with Crippen LogP contribution >= 0.6 is 0 Å². The van der Waals surface area contributed by atoms with Gasteiger partial charge in [0, 0.05) is 0 Å². The Morgan fingerprint density at radius 2 is 2.00 bits per heavy atom. The predicted octanol–water partition coefficient (Wildman–Crippen LogP) is 1.76. The zero-order valence-electron chi connectivity index (χ0n) is 9.94. The molecule has 2 rings (SSSR count). The van der Waals surface area contributed by atoms with E-state index < -0.39 is 0 Å². The normalized spacial score (nSPS) is 10.6. The van der Waals surface area contributed by atoms with E-state index in [-0.39, 0.29) is 5.56 Å². The molecule has 1 aromatic carbocycles. The maximum Gasteiger partial charge on any atom is 0.290 e. The molecule has 2 aromatic rings. The van der Waals surface area contributed by atoms with Crippen molar-refractivity contribution in [3.8, 4) is 0 Å². The lowest BCUT2D eigenvalue weighted by Crippen LogP contribution is -2.19. The third-order valence-electron chi connectivity index (χ3n) is 2.75. The minimum absolute atomic E-state index is 0.127. The number of anilines is 1. The fourth-order valence-corrected chi connectivity index (χ4v) is 1.87. The van der Waals surface area contributed by atoms with Gasteiger partial charge in [0.2, 0.25) is 0 Å². The third-order valence-corrected chi connectivity index (χ3v) is 2.75. The van der Waals surface area contributed by atoms with Gasteiger partial charge in [-0.25, -0.2) is 4.68 Å². The highest BCUT2D eigenvalue weighted by Gasteiger charge is 2.09. The van der Waals surface area contributed by atoms with Gasteiger partial charge in [0.15, 0.2) is 0 Å². The Labute approximate surface area is 100 Å². The lowest BCUT2D eigenvalue weighted by atomic mass is 10.2. The minimum Gasteiger partial charge on any atom is -0.393 e. The number of nitrogens with two attached hydrogens (primary N) is 1. The van der Waals surface area contributed by atoms with Gasteiger partial charge in [0.05, 0.1) is 12.2 Å². The number of hydrogen-bond donors (Lipinski definition) is 2. The van der Waals surface area contributed by atoms with Gasteiger partial charge in [-0.15, -0.1) is 0 Å². The van der Waals surface area contributed by atoms with Crippen LogP contribution in [-0.2, 0) is 13.0 Å². The molecule has 0 spiro atoms. The summed E-state index contributed by atoms with van der Waals surface area (Å²) >= 11 is 0. The van der Waals surface area contributed by atoms with Gasteiger partial charge in [-0.1, -0.05) is 43.7 Å². The summed E-state index contributed by atoms with van der Waals surface area (Å²) in [5.41, 5.74) is 7.92. The number of benzene rings is 1. The summed E-state index contributed by atoms with van der Waals surface area (Å²) in [6.45, 7) is 2.60. The fraction of sp³-hybridized carbons (Fsp3) is 0.308. The molecular weight excluding hydrogens is 214 g/mol. The molecule has 3 N–H and O–H groups in total. The second-order valence-corrected chi connectivity index (χ2v) is 4.13. The largest absolute Gasteiger partial charge is 0.393 e. The first-order valence-electron chi connectivity index (χ1n) is 5.83. The molecule has 1 aromatic heterocycles. The Hall–Kier alpha value is -1.97. The molecule has 0 radical (unpaired) electrons. The first-order chi connectivity index (χ1) is 8.22. The van der Waals surface area contributed by atoms with Crippen molar-refractivity contribution < 1.29 is 0 Å². The van der Waals surface area contributed by atoms with E-state index >= 15 is 0 Å². The Morgan fingerprint density at radius 1 is 1.29 bits per heavy atom. The highest BCUT2D eigenvalue weighted by Crippen LogP contribution is 2.07. The van der Waals surface area contributed by atoms with Crippen LogP contribution in [0, 0.1) is 0 Å². The molecule has 90 valence electrons. The van der Waals surface area contributed by atoms with Crippen molar-refractivity contribution in [1.29, 1.82) is 0 Å². The molecule has 17 heavy (non-hydrogen) atoms. The number of nitrogen functional groups attached to an aromatic ring is 1. The molecule has 0 aliphatic heterocycles. The molecule has 1 heterocycles. The van der Waals surface area contributed by atoms with E-state index in [1.165, 1.54) is 0 Å². The second-order valence-electron chi connectivity index (χ2n) is 4.13. The fourth-order valence-electron chi connectivity index (χ4n) is 1.87. The van der Waals surface area contributed by atoms with Gasteiger partial charge < -0.3 is 5.73 Å². The molecule has 0 bridgehead atoms. The van der Waals surface area contributed by atoms with Crippen molar-refractivity contribution >= 4 is 5.69 Å². The van der Waals surface area contributed by atoms with Gasteiger partial charge in [-0.2, -0.15) is 0 Å². The molecule has 4 nitrogen and oxygen atoms in total. The van der Waals surface area contributed by atoms with Crippen LogP contribution in [0.5, 0.6) is 0 Å². The number of nitrogens with zero attached hydrogens (tertiary/aromatic N) is 1. The topological polar surface area (TPSA) is 63.8 Å². The van der Waals surface area contributed by atoms with E-state index in [2.05, 4.69) is 12.0 Å². The van der Waals surface area contributed by atoms with E-state index in [1.807, 2.05) is 30.3 Å². The maximum absolute atomic E-state index is 11.9.